The van der Waals surface area contributed by atoms with Gasteiger partial charge in [0.25, 0.3) is 0 Å². The summed E-state index contributed by atoms with van der Waals surface area (Å²) < 4.78 is 11.0. The summed E-state index contributed by atoms with van der Waals surface area (Å²) in [6.07, 6.45) is 2.53. The molecule has 2 aromatic rings. The van der Waals surface area contributed by atoms with Gasteiger partial charge in [-0.25, -0.2) is 0 Å². The number of nitrogens with two attached hydrogens (primary N) is 1. The smallest absolute Gasteiger partial charge is 0.124 e. The van der Waals surface area contributed by atoms with E-state index in [0.717, 1.165) is 23.4 Å². The number of ether oxygens (including phenoxy) is 2. The van der Waals surface area contributed by atoms with Crippen molar-refractivity contribution >= 4 is 5.84 Å². The number of amidine groups is 1. The first-order chi connectivity index (χ1) is 10.2. The van der Waals surface area contributed by atoms with Gasteiger partial charge in [-0.1, -0.05) is 6.07 Å². The van der Waals surface area contributed by atoms with Gasteiger partial charge in [0.2, 0.25) is 0 Å². The number of nitrogens with zero attached hydrogens (tertiary/aromatic N) is 1. The second-order valence-electron chi connectivity index (χ2n) is 4.56. The maximum Gasteiger partial charge on any atom is 0.124 e. The van der Waals surface area contributed by atoms with E-state index in [-0.39, 0.29) is 5.84 Å². The first-order valence-electron chi connectivity index (χ1n) is 6.69. The van der Waals surface area contributed by atoms with Gasteiger partial charge in [0.1, 0.15) is 11.6 Å². The largest absolute Gasteiger partial charge is 0.496 e. The zero-order valence-electron chi connectivity index (χ0n) is 12.0. The molecular weight excluding hydrogens is 266 g/mol. The molecule has 0 saturated carbocycles. The minimum atomic E-state index is 0.0346. The Morgan fingerprint density at radius 2 is 2.14 bits per heavy atom. The first-order valence-corrected chi connectivity index (χ1v) is 6.69. The van der Waals surface area contributed by atoms with Crippen molar-refractivity contribution in [2.24, 2.45) is 5.73 Å². The Kier molecular flexibility index (Phi) is 5.29. The number of pyridine rings is 1. The summed E-state index contributed by atoms with van der Waals surface area (Å²) in [5, 5.41) is 7.47. The van der Waals surface area contributed by atoms with Crippen LogP contribution < -0.4 is 10.5 Å². The van der Waals surface area contributed by atoms with Gasteiger partial charge in [-0.3, -0.25) is 10.4 Å². The summed E-state index contributed by atoms with van der Waals surface area (Å²) >= 11 is 0. The van der Waals surface area contributed by atoms with Gasteiger partial charge in [0.15, 0.2) is 0 Å². The molecule has 2 rings (SSSR count). The normalized spacial score (nSPS) is 10.3. The highest BCUT2D eigenvalue weighted by Crippen LogP contribution is 2.20. The fourth-order valence-electron chi connectivity index (χ4n) is 1.96. The molecule has 0 aliphatic carbocycles. The van der Waals surface area contributed by atoms with E-state index in [1.165, 1.54) is 0 Å². The Morgan fingerprint density at radius 3 is 2.81 bits per heavy atom. The lowest BCUT2D eigenvalue weighted by Crippen LogP contribution is -2.12. The Hall–Kier alpha value is -2.40. The van der Waals surface area contributed by atoms with E-state index >= 15 is 0 Å². The minimum Gasteiger partial charge on any atom is -0.496 e. The molecular formula is C16H19N3O2. The molecule has 0 saturated heterocycles. The number of methoxy groups -OCH3 is 1. The van der Waals surface area contributed by atoms with Crippen LogP contribution in [0.25, 0.3) is 0 Å². The molecule has 0 aliphatic heterocycles. The lowest BCUT2D eigenvalue weighted by Gasteiger charge is -2.11. The molecule has 0 amide bonds. The number of benzene rings is 1. The minimum absolute atomic E-state index is 0.0346. The molecule has 0 fully saturated rings. The Bertz CT molecular complexity index is 600. The van der Waals surface area contributed by atoms with Crippen LogP contribution >= 0.6 is 0 Å². The number of hydrogen-bond acceptors (Lipinski definition) is 4. The molecule has 0 atom stereocenters. The topological polar surface area (TPSA) is 81.2 Å². The van der Waals surface area contributed by atoms with Crippen LogP contribution in [0, 0.1) is 5.41 Å². The summed E-state index contributed by atoms with van der Waals surface area (Å²) in [7, 11) is 1.61. The molecule has 1 aromatic heterocycles. The molecule has 1 heterocycles. The van der Waals surface area contributed by atoms with Gasteiger partial charge >= 0.3 is 0 Å². The van der Waals surface area contributed by atoms with Crippen LogP contribution in [-0.2, 0) is 17.8 Å². The van der Waals surface area contributed by atoms with Crippen LogP contribution in [0.1, 0.15) is 16.8 Å². The molecule has 0 spiro atoms. The van der Waals surface area contributed by atoms with Gasteiger partial charge in [0, 0.05) is 29.4 Å². The molecule has 3 N–H and O–H groups in total. The predicted molar refractivity (Wildman–Crippen MR) is 81.6 cm³/mol. The number of rotatable bonds is 7. The van der Waals surface area contributed by atoms with Gasteiger partial charge in [-0.05, 0) is 30.3 Å². The van der Waals surface area contributed by atoms with Crippen molar-refractivity contribution in [3.8, 4) is 5.75 Å². The molecule has 0 unspecified atom stereocenters. The molecule has 0 bridgehead atoms. The molecule has 0 aliphatic rings. The molecule has 5 heteroatoms. The van der Waals surface area contributed by atoms with E-state index in [1.807, 2.05) is 24.3 Å². The van der Waals surface area contributed by atoms with Crippen molar-refractivity contribution in [3.05, 3.63) is 59.4 Å². The molecule has 21 heavy (non-hydrogen) atoms. The van der Waals surface area contributed by atoms with Gasteiger partial charge < -0.3 is 15.2 Å². The molecule has 0 radical (unpaired) electrons. The summed E-state index contributed by atoms with van der Waals surface area (Å²) in [4.78, 5) is 4.24. The standard InChI is InChI=1S/C16H19N3O2/c1-20-15-6-5-12(16(17)18)10-13(15)11-21-9-7-14-4-2-3-8-19-14/h2-6,8,10H,7,9,11H2,1H3,(H3,17,18). The summed E-state index contributed by atoms with van der Waals surface area (Å²) in [6, 6.07) is 11.2. The lowest BCUT2D eigenvalue weighted by molar-refractivity contribution is 0.121. The van der Waals surface area contributed by atoms with Crippen LogP contribution in [0.15, 0.2) is 42.6 Å². The Morgan fingerprint density at radius 1 is 1.29 bits per heavy atom. The SMILES string of the molecule is COc1ccc(C(=N)N)cc1COCCc1ccccn1. The van der Waals surface area contributed by atoms with Crippen molar-refractivity contribution in [3.63, 3.8) is 0 Å². The highest BCUT2D eigenvalue weighted by Gasteiger charge is 2.06. The van der Waals surface area contributed by atoms with Crippen molar-refractivity contribution in [2.45, 2.75) is 13.0 Å². The van der Waals surface area contributed by atoms with Crippen LogP contribution in [0.2, 0.25) is 0 Å². The van der Waals surface area contributed by atoms with Crippen molar-refractivity contribution in [2.75, 3.05) is 13.7 Å². The second-order valence-corrected chi connectivity index (χ2v) is 4.56. The van der Waals surface area contributed by atoms with Gasteiger partial charge in [-0.2, -0.15) is 0 Å². The third-order valence-corrected chi connectivity index (χ3v) is 3.08. The Labute approximate surface area is 124 Å². The fraction of sp³-hybridized carbons (Fsp3) is 0.250. The third-order valence-electron chi connectivity index (χ3n) is 3.08. The monoisotopic (exact) mass is 285 g/mol. The number of hydrogen-bond donors (Lipinski definition) is 2. The zero-order valence-corrected chi connectivity index (χ0v) is 12.0. The number of aromatic nitrogens is 1. The van der Waals surface area contributed by atoms with E-state index in [9.17, 15) is 0 Å². The van der Waals surface area contributed by atoms with Gasteiger partial charge in [-0.15, -0.1) is 0 Å². The van der Waals surface area contributed by atoms with Crippen LogP contribution in [0.5, 0.6) is 5.75 Å². The van der Waals surface area contributed by atoms with Crippen LogP contribution in [-0.4, -0.2) is 24.5 Å². The van der Waals surface area contributed by atoms with Crippen LogP contribution in [0.4, 0.5) is 0 Å². The van der Waals surface area contributed by atoms with Crippen molar-refractivity contribution in [1.29, 1.82) is 5.41 Å². The number of nitrogen functional groups attached to an aromatic ring is 1. The average molecular weight is 285 g/mol. The van der Waals surface area contributed by atoms with E-state index in [2.05, 4.69) is 4.98 Å². The summed E-state index contributed by atoms with van der Waals surface area (Å²) in [5.41, 5.74) is 8.05. The predicted octanol–water partition coefficient (Wildman–Crippen LogP) is 2.13. The maximum absolute atomic E-state index is 7.47. The average Bonchev–Trinajstić information content (AvgIpc) is 2.52. The van der Waals surface area contributed by atoms with Gasteiger partial charge in [0.05, 0.1) is 20.3 Å². The summed E-state index contributed by atoms with van der Waals surface area (Å²) in [6.45, 7) is 0.988. The Balaban J connectivity index is 1.92. The molecule has 110 valence electrons. The van der Waals surface area contributed by atoms with E-state index in [1.54, 1.807) is 25.4 Å². The van der Waals surface area contributed by atoms with Crippen molar-refractivity contribution in [1.82, 2.24) is 4.98 Å². The number of nitrogens with one attached hydrogen (secondary N) is 1. The van der Waals surface area contributed by atoms with E-state index in [0.29, 0.717) is 18.8 Å². The van der Waals surface area contributed by atoms with Crippen LogP contribution in [0.3, 0.4) is 0 Å². The lowest BCUT2D eigenvalue weighted by atomic mass is 10.1. The van der Waals surface area contributed by atoms with Crippen molar-refractivity contribution < 1.29 is 9.47 Å². The highest BCUT2D eigenvalue weighted by molar-refractivity contribution is 5.95. The first kappa shape index (κ1) is 15.0. The maximum atomic E-state index is 7.47. The van der Waals surface area contributed by atoms with E-state index < -0.39 is 0 Å². The van der Waals surface area contributed by atoms with E-state index in [4.69, 9.17) is 20.6 Å². The third kappa shape index (κ3) is 4.29. The molecule has 1 aromatic carbocycles. The zero-order chi connectivity index (χ0) is 15.1. The molecule has 5 nitrogen and oxygen atoms in total. The second kappa shape index (κ2) is 7.40. The highest BCUT2D eigenvalue weighted by atomic mass is 16.5. The summed E-state index contributed by atoms with van der Waals surface area (Å²) in [5.74, 6) is 0.769. The quantitative estimate of drug-likeness (QED) is 0.464. The fourth-order valence-corrected chi connectivity index (χ4v) is 1.96.